The zero-order valence-electron chi connectivity index (χ0n) is 17.2. The fraction of sp³-hybridized carbons (Fsp3) is 0.304. The Hall–Kier alpha value is -2.94. The lowest BCUT2D eigenvalue weighted by atomic mass is 9.75. The van der Waals surface area contributed by atoms with Crippen LogP contribution in [0.5, 0.6) is 0 Å². The molecular formula is C23H21F3N4OS. The van der Waals surface area contributed by atoms with Gasteiger partial charge in [0, 0.05) is 16.9 Å². The third-order valence-electron chi connectivity index (χ3n) is 6.20. The van der Waals surface area contributed by atoms with Gasteiger partial charge in [-0.25, -0.2) is 4.68 Å². The van der Waals surface area contributed by atoms with Gasteiger partial charge < -0.3 is 10.6 Å². The number of amides is 1. The summed E-state index contributed by atoms with van der Waals surface area (Å²) in [5.41, 5.74) is 2.48. The number of aromatic nitrogens is 2. The highest BCUT2D eigenvalue weighted by atomic mass is 32.2. The predicted molar refractivity (Wildman–Crippen MR) is 118 cm³/mol. The number of carbonyl (C=O) groups excluding carboxylic acids is 1. The fourth-order valence-corrected chi connectivity index (χ4v) is 5.34. The molecule has 0 unspecified atom stereocenters. The first-order valence-electron chi connectivity index (χ1n) is 10.3. The van der Waals surface area contributed by atoms with Crippen LogP contribution >= 0.6 is 11.8 Å². The van der Waals surface area contributed by atoms with Crippen LogP contribution in [0.15, 0.2) is 59.5 Å². The van der Waals surface area contributed by atoms with E-state index in [9.17, 15) is 18.0 Å². The van der Waals surface area contributed by atoms with Gasteiger partial charge in [0.1, 0.15) is 5.82 Å². The Labute approximate surface area is 187 Å². The average Bonchev–Trinajstić information content (AvgIpc) is 3.20. The Balaban J connectivity index is 1.52. The van der Waals surface area contributed by atoms with Crippen LogP contribution in [0.1, 0.15) is 40.1 Å². The number of aryl methyl sites for hydroxylation is 1. The van der Waals surface area contributed by atoms with Gasteiger partial charge in [0.15, 0.2) is 11.7 Å². The highest BCUT2D eigenvalue weighted by Crippen LogP contribution is 2.51. The first kappa shape index (κ1) is 20.9. The molecular weight excluding hydrogens is 437 g/mol. The number of alkyl halides is 3. The summed E-state index contributed by atoms with van der Waals surface area (Å²) in [6.07, 6.45) is -1.63. The van der Waals surface area contributed by atoms with E-state index in [0.29, 0.717) is 18.5 Å². The summed E-state index contributed by atoms with van der Waals surface area (Å²) in [6.45, 7) is 0. The van der Waals surface area contributed by atoms with Gasteiger partial charge in [0.05, 0.1) is 11.7 Å². The number of nitrogens with one attached hydrogen (secondary N) is 2. The number of halogens is 3. The molecule has 166 valence electrons. The maximum Gasteiger partial charge on any atom is 0.411 e. The summed E-state index contributed by atoms with van der Waals surface area (Å²) in [6, 6.07) is 14.0. The van der Waals surface area contributed by atoms with Crippen LogP contribution in [0.4, 0.5) is 24.7 Å². The maximum absolute atomic E-state index is 14.2. The molecule has 2 heterocycles. The lowest BCUT2D eigenvalue weighted by Crippen LogP contribution is -2.45. The topological polar surface area (TPSA) is 59.0 Å². The monoisotopic (exact) mass is 458 g/mol. The SMILES string of the molecule is CSc1ccccc1NC(=O)c1cc2n(n1)[C@@H](C(F)(F)F)[C@@H]1CCc3ccccc3[C@@H]1N2. The molecule has 2 N–H and O–H groups in total. The van der Waals surface area contributed by atoms with Crippen molar-refractivity contribution in [1.29, 1.82) is 0 Å². The van der Waals surface area contributed by atoms with Gasteiger partial charge in [-0.15, -0.1) is 11.8 Å². The van der Waals surface area contributed by atoms with Crippen molar-refractivity contribution in [2.24, 2.45) is 5.92 Å². The van der Waals surface area contributed by atoms with Gasteiger partial charge in [-0.1, -0.05) is 36.4 Å². The van der Waals surface area contributed by atoms with Crippen molar-refractivity contribution in [2.75, 3.05) is 16.9 Å². The zero-order chi connectivity index (χ0) is 22.5. The van der Waals surface area contributed by atoms with Crippen LogP contribution in [0.3, 0.4) is 0 Å². The van der Waals surface area contributed by atoms with E-state index < -0.39 is 30.1 Å². The van der Waals surface area contributed by atoms with Crippen molar-refractivity contribution in [3.8, 4) is 0 Å². The molecule has 9 heteroatoms. The summed E-state index contributed by atoms with van der Waals surface area (Å²) in [5, 5.41) is 10.1. The molecule has 5 rings (SSSR count). The summed E-state index contributed by atoms with van der Waals surface area (Å²) >= 11 is 1.47. The molecule has 0 bridgehead atoms. The minimum Gasteiger partial charge on any atom is -0.363 e. The largest absolute Gasteiger partial charge is 0.411 e. The number of hydrogen-bond donors (Lipinski definition) is 2. The Morgan fingerprint density at radius 2 is 1.94 bits per heavy atom. The first-order valence-corrected chi connectivity index (χ1v) is 11.5. The molecule has 1 aliphatic heterocycles. The standard InChI is InChI=1S/C23H21F3N4OS/c1-32-18-9-5-4-8-16(18)27-22(31)17-12-19-28-20-14-7-3-2-6-13(14)10-11-15(20)21(23(24,25)26)30(19)29-17/h2-9,12,15,20-21,28H,10-11H2,1H3,(H,27,31)/t15-,20+,21-/m1/s1. The summed E-state index contributed by atoms with van der Waals surface area (Å²) in [5.74, 6) is -1.04. The van der Waals surface area contributed by atoms with Crippen molar-refractivity contribution in [2.45, 2.75) is 36.0 Å². The van der Waals surface area contributed by atoms with Crippen LogP contribution in [0.2, 0.25) is 0 Å². The quantitative estimate of drug-likeness (QED) is 0.495. The Morgan fingerprint density at radius 1 is 1.19 bits per heavy atom. The lowest BCUT2D eigenvalue weighted by molar-refractivity contribution is -0.188. The number of benzene rings is 2. The van der Waals surface area contributed by atoms with E-state index in [1.807, 2.05) is 42.7 Å². The minimum atomic E-state index is -4.49. The number of nitrogens with zero attached hydrogens (tertiary/aromatic N) is 2. The van der Waals surface area contributed by atoms with E-state index in [2.05, 4.69) is 15.7 Å². The van der Waals surface area contributed by atoms with Gasteiger partial charge in [0.2, 0.25) is 0 Å². The maximum atomic E-state index is 14.2. The zero-order valence-corrected chi connectivity index (χ0v) is 18.0. The van der Waals surface area contributed by atoms with E-state index in [1.54, 1.807) is 12.1 Å². The molecule has 0 saturated carbocycles. The number of hydrogen-bond acceptors (Lipinski definition) is 4. The Kier molecular flexibility index (Phi) is 5.16. The van der Waals surface area contributed by atoms with E-state index in [0.717, 1.165) is 20.7 Å². The molecule has 2 aromatic carbocycles. The summed E-state index contributed by atoms with van der Waals surface area (Å²) in [4.78, 5) is 13.7. The number of anilines is 2. The molecule has 32 heavy (non-hydrogen) atoms. The van der Waals surface area contributed by atoms with Crippen molar-refractivity contribution in [3.63, 3.8) is 0 Å². The molecule has 0 radical (unpaired) electrons. The van der Waals surface area contributed by atoms with Gasteiger partial charge in [0.25, 0.3) is 5.91 Å². The molecule has 0 spiro atoms. The highest BCUT2D eigenvalue weighted by molar-refractivity contribution is 7.98. The highest BCUT2D eigenvalue weighted by Gasteiger charge is 2.53. The van der Waals surface area contributed by atoms with Crippen LogP contribution in [0.25, 0.3) is 0 Å². The van der Waals surface area contributed by atoms with Gasteiger partial charge in [-0.2, -0.15) is 18.3 Å². The lowest BCUT2D eigenvalue weighted by Gasteiger charge is -2.43. The van der Waals surface area contributed by atoms with Crippen molar-refractivity contribution < 1.29 is 18.0 Å². The molecule has 1 aliphatic carbocycles. The number of carbonyl (C=O) groups is 1. The van der Waals surface area contributed by atoms with E-state index >= 15 is 0 Å². The smallest absolute Gasteiger partial charge is 0.363 e. The molecule has 0 saturated heterocycles. The number of fused-ring (bicyclic) bond motifs is 4. The van der Waals surface area contributed by atoms with E-state index in [-0.39, 0.29) is 11.5 Å². The second-order valence-corrected chi connectivity index (χ2v) is 8.87. The van der Waals surface area contributed by atoms with Crippen LogP contribution in [-0.4, -0.2) is 28.1 Å². The van der Waals surface area contributed by atoms with Crippen molar-refractivity contribution in [1.82, 2.24) is 9.78 Å². The van der Waals surface area contributed by atoms with Crippen LogP contribution in [-0.2, 0) is 6.42 Å². The molecule has 1 aromatic heterocycles. The second kappa shape index (κ2) is 7.88. The molecule has 1 amide bonds. The van der Waals surface area contributed by atoms with Crippen LogP contribution < -0.4 is 10.6 Å². The first-order chi connectivity index (χ1) is 15.4. The number of thioether (sulfide) groups is 1. The Morgan fingerprint density at radius 3 is 2.72 bits per heavy atom. The fourth-order valence-electron chi connectivity index (χ4n) is 4.79. The summed E-state index contributed by atoms with van der Waals surface area (Å²) in [7, 11) is 0. The average molecular weight is 459 g/mol. The number of rotatable bonds is 3. The normalized spacial score (nSPS) is 21.7. The second-order valence-electron chi connectivity index (χ2n) is 8.02. The summed E-state index contributed by atoms with van der Waals surface area (Å²) < 4.78 is 43.6. The third-order valence-corrected chi connectivity index (χ3v) is 6.99. The minimum absolute atomic E-state index is 0.0513. The molecule has 3 aromatic rings. The van der Waals surface area contributed by atoms with E-state index in [1.165, 1.54) is 17.8 Å². The van der Waals surface area contributed by atoms with Crippen molar-refractivity contribution in [3.05, 3.63) is 71.4 Å². The predicted octanol–water partition coefficient (Wildman–Crippen LogP) is 5.69. The van der Waals surface area contributed by atoms with E-state index in [4.69, 9.17) is 0 Å². The third kappa shape index (κ3) is 3.54. The van der Waals surface area contributed by atoms with Gasteiger partial charge in [-0.05, 0) is 42.4 Å². The number of para-hydroxylation sites is 1. The van der Waals surface area contributed by atoms with Crippen LogP contribution in [0, 0.1) is 5.92 Å². The molecule has 3 atom stereocenters. The molecule has 2 aliphatic rings. The Bertz CT molecular complexity index is 1180. The van der Waals surface area contributed by atoms with Crippen molar-refractivity contribution >= 4 is 29.2 Å². The van der Waals surface area contributed by atoms with Gasteiger partial charge >= 0.3 is 6.18 Å². The van der Waals surface area contributed by atoms with Gasteiger partial charge in [-0.3, -0.25) is 4.79 Å². The molecule has 0 fully saturated rings. The molecule has 5 nitrogen and oxygen atoms in total.